The quantitative estimate of drug-likeness (QED) is 0.771. The average molecular weight is 211 g/mol. The summed E-state index contributed by atoms with van der Waals surface area (Å²) in [6, 6.07) is 6.32. The Bertz CT molecular complexity index is 398. The Hall–Kier alpha value is -1.73. The van der Waals surface area contributed by atoms with Gasteiger partial charge in [0.25, 0.3) is 0 Å². The number of rotatable bonds is 1. The molecule has 1 aromatic carbocycles. The Balaban J connectivity index is 2.98. The number of nitrogens with one attached hydrogen (secondary N) is 1. The first-order chi connectivity index (χ1) is 6.67. The third-order valence-electron chi connectivity index (χ3n) is 1.47. The Kier molecular flexibility index (Phi) is 3.32. The first kappa shape index (κ1) is 10.4. The van der Waals surface area contributed by atoms with Crippen LogP contribution in [0.25, 0.3) is 0 Å². The van der Waals surface area contributed by atoms with Gasteiger partial charge in [-0.15, -0.1) is 0 Å². The second kappa shape index (κ2) is 4.49. The molecule has 0 saturated heterocycles. The highest BCUT2D eigenvalue weighted by molar-refractivity contribution is 6.30. The standard InChI is InChI=1S/C9H7ClN2O2/c1-12-9(13)14-8-3-2-7(10)4-6(8)5-11/h2-4H,1H3,(H,12,13). The van der Waals surface area contributed by atoms with Gasteiger partial charge in [-0.25, -0.2) is 4.79 Å². The summed E-state index contributed by atoms with van der Waals surface area (Å²) in [6.07, 6.45) is -0.621. The molecule has 0 unspecified atom stereocenters. The summed E-state index contributed by atoms with van der Waals surface area (Å²) in [5.41, 5.74) is 0.223. The number of carbonyl (C=O) groups is 1. The van der Waals surface area contributed by atoms with Crippen molar-refractivity contribution in [2.24, 2.45) is 0 Å². The zero-order valence-corrected chi connectivity index (χ0v) is 8.13. The van der Waals surface area contributed by atoms with Gasteiger partial charge in [-0.3, -0.25) is 0 Å². The number of hydrogen-bond donors (Lipinski definition) is 1. The SMILES string of the molecule is CNC(=O)Oc1ccc(Cl)cc1C#N. The summed E-state index contributed by atoms with van der Waals surface area (Å²) >= 11 is 5.66. The van der Waals surface area contributed by atoms with E-state index in [1.807, 2.05) is 6.07 Å². The zero-order chi connectivity index (χ0) is 10.6. The molecule has 0 bridgehead atoms. The molecule has 14 heavy (non-hydrogen) atoms. The molecule has 0 aromatic heterocycles. The Morgan fingerprint density at radius 3 is 2.93 bits per heavy atom. The summed E-state index contributed by atoms with van der Waals surface area (Å²) in [4.78, 5) is 10.9. The van der Waals surface area contributed by atoms with Crippen LogP contribution in [0, 0.1) is 11.3 Å². The summed E-state index contributed by atoms with van der Waals surface area (Å²) < 4.78 is 4.81. The minimum absolute atomic E-state index is 0.191. The van der Waals surface area contributed by atoms with Gasteiger partial charge in [0.1, 0.15) is 6.07 Å². The van der Waals surface area contributed by atoms with Crippen molar-refractivity contribution in [3.63, 3.8) is 0 Å². The second-order valence-electron chi connectivity index (χ2n) is 2.39. The predicted molar refractivity (Wildman–Crippen MR) is 51.3 cm³/mol. The smallest absolute Gasteiger partial charge is 0.409 e. The molecule has 0 aliphatic carbocycles. The number of nitriles is 1. The normalized spacial score (nSPS) is 8.93. The molecule has 0 atom stereocenters. The molecule has 1 aromatic rings. The highest BCUT2D eigenvalue weighted by atomic mass is 35.5. The molecule has 0 heterocycles. The van der Waals surface area contributed by atoms with E-state index in [1.165, 1.54) is 19.2 Å². The monoisotopic (exact) mass is 210 g/mol. The largest absolute Gasteiger partial charge is 0.412 e. The van der Waals surface area contributed by atoms with E-state index in [4.69, 9.17) is 21.6 Å². The van der Waals surface area contributed by atoms with E-state index in [2.05, 4.69) is 5.32 Å². The maximum absolute atomic E-state index is 10.9. The summed E-state index contributed by atoms with van der Waals surface area (Å²) in [6.45, 7) is 0. The Morgan fingerprint density at radius 1 is 1.64 bits per heavy atom. The van der Waals surface area contributed by atoms with Crippen LogP contribution in [-0.4, -0.2) is 13.1 Å². The van der Waals surface area contributed by atoms with Crippen molar-refractivity contribution in [3.05, 3.63) is 28.8 Å². The number of benzene rings is 1. The lowest BCUT2D eigenvalue weighted by Crippen LogP contribution is -2.22. The van der Waals surface area contributed by atoms with E-state index in [0.29, 0.717) is 5.02 Å². The van der Waals surface area contributed by atoms with E-state index < -0.39 is 6.09 Å². The first-order valence-electron chi connectivity index (χ1n) is 3.76. The summed E-state index contributed by atoms with van der Waals surface area (Å²) in [5, 5.41) is 11.4. The van der Waals surface area contributed by atoms with E-state index in [-0.39, 0.29) is 11.3 Å². The molecular formula is C9H7ClN2O2. The van der Waals surface area contributed by atoms with E-state index in [0.717, 1.165) is 0 Å². The van der Waals surface area contributed by atoms with Gasteiger partial charge in [0.05, 0.1) is 5.56 Å². The third kappa shape index (κ3) is 2.38. The molecule has 4 nitrogen and oxygen atoms in total. The van der Waals surface area contributed by atoms with Gasteiger partial charge in [-0.2, -0.15) is 5.26 Å². The average Bonchev–Trinajstić information content (AvgIpc) is 2.20. The fraction of sp³-hybridized carbons (Fsp3) is 0.111. The second-order valence-corrected chi connectivity index (χ2v) is 2.83. The predicted octanol–water partition coefficient (Wildman–Crippen LogP) is 1.93. The molecule has 5 heteroatoms. The summed E-state index contributed by atoms with van der Waals surface area (Å²) in [5.74, 6) is 0.191. The van der Waals surface area contributed by atoms with Crippen molar-refractivity contribution in [1.29, 1.82) is 5.26 Å². The van der Waals surface area contributed by atoms with E-state index in [1.54, 1.807) is 6.07 Å². The minimum Gasteiger partial charge on any atom is -0.409 e. The molecule has 0 radical (unpaired) electrons. The molecule has 1 N–H and O–H groups in total. The molecule has 0 aliphatic rings. The molecule has 0 saturated carbocycles. The van der Waals surface area contributed by atoms with Crippen molar-refractivity contribution >= 4 is 17.7 Å². The lowest BCUT2D eigenvalue weighted by molar-refractivity contribution is 0.203. The zero-order valence-electron chi connectivity index (χ0n) is 7.37. The number of amides is 1. The van der Waals surface area contributed by atoms with Crippen molar-refractivity contribution < 1.29 is 9.53 Å². The van der Waals surface area contributed by atoms with Crippen molar-refractivity contribution in [2.75, 3.05) is 7.05 Å². The van der Waals surface area contributed by atoms with Gasteiger partial charge in [0.15, 0.2) is 5.75 Å². The number of ether oxygens (including phenoxy) is 1. The number of carbonyl (C=O) groups excluding carboxylic acids is 1. The lowest BCUT2D eigenvalue weighted by atomic mass is 10.2. The first-order valence-corrected chi connectivity index (χ1v) is 4.14. The Labute approximate surface area is 86.0 Å². The van der Waals surface area contributed by atoms with Crippen LogP contribution in [-0.2, 0) is 0 Å². The van der Waals surface area contributed by atoms with Crippen LogP contribution >= 0.6 is 11.6 Å². The highest BCUT2D eigenvalue weighted by Gasteiger charge is 2.07. The molecule has 0 spiro atoms. The molecule has 0 fully saturated rings. The molecule has 1 amide bonds. The third-order valence-corrected chi connectivity index (χ3v) is 1.70. The van der Waals surface area contributed by atoms with Crippen LogP contribution in [0.4, 0.5) is 4.79 Å². The minimum atomic E-state index is -0.621. The number of halogens is 1. The van der Waals surface area contributed by atoms with Gasteiger partial charge in [0, 0.05) is 12.1 Å². The van der Waals surface area contributed by atoms with E-state index in [9.17, 15) is 4.79 Å². The van der Waals surface area contributed by atoms with Crippen molar-refractivity contribution in [3.8, 4) is 11.8 Å². The van der Waals surface area contributed by atoms with Crippen LogP contribution in [0.3, 0.4) is 0 Å². The fourth-order valence-electron chi connectivity index (χ4n) is 0.829. The molecule has 1 rings (SSSR count). The van der Waals surface area contributed by atoms with Crippen LogP contribution in [0.15, 0.2) is 18.2 Å². The van der Waals surface area contributed by atoms with Crippen LogP contribution in [0.2, 0.25) is 5.02 Å². The topological polar surface area (TPSA) is 62.1 Å². The molecular weight excluding hydrogens is 204 g/mol. The van der Waals surface area contributed by atoms with Gasteiger partial charge >= 0.3 is 6.09 Å². The molecule has 72 valence electrons. The van der Waals surface area contributed by atoms with Crippen molar-refractivity contribution in [1.82, 2.24) is 5.32 Å². The molecule has 0 aliphatic heterocycles. The van der Waals surface area contributed by atoms with Crippen LogP contribution < -0.4 is 10.1 Å². The Morgan fingerprint density at radius 2 is 2.36 bits per heavy atom. The maximum atomic E-state index is 10.9. The number of hydrogen-bond acceptors (Lipinski definition) is 3. The van der Waals surface area contributed by atoms with Gasteiger partial charge in [-0.05, 0) is 18.2 Å². The van der Waals surface area contributed by atoms with Gasteiger partial charge in [0.2, 0.25) is 0 Å². The van der Waals surface area contributed by atoms with E-state index >= 15 is 0 Å². The maximum Gasteiger partial charge on any atom is 0.412 e. The summed E-state index contributed by atoms with van der Waals surface area (Å²) in [7, 11) is 1.43. The van der Waals surface area contributed by atoms with Gasteiger partial charge < -0.3 is 10.1 Å². The fourth-order valence-corrected chi connectivity index (χ4v) is 1.00. The highest BCUT2D eigenvalue weighted by Crippen LogP contribution is 2.21. The van der Waals surface area contributed by atoms with Crippen molar-refractivity contribution in [2.45, 2.75) is 0 Å². The van der Waals surface area contributed by atoms with Gasteiger partial charge in [-0.1, -0.05) is 11.6 Å². The van der Waals surface area contributed by atoms with Crippen LogP contribution in [0.1, 0.15) is 5.56 Å². The number of nitrogens with zero attached hydrogens (tertiary/aromatic N) is 1. The lowest BCUT2D eigenvalue weighted by Gasteiger charge is -2.04. The van der Waals surface area contributed by atoms with Crippen LogP contribution in [0.5, 0.6) is 5.75 Å².